The van der Waals surface area contributed by atoms with Gasteiger partial charge in [-0.05, 0) is 68.0 Å². The Balaban J connectivity index is 1.41. The van der Waals surface area contributed by atoms with Gasteiger partial charge in [-0.3, -0.25) is 0 Å². The summed E-state index contributed by atoms with van der Waals surface area (Å²) < 4.78 is 16.0. The van der Waals surface area contributed by atoms with Crippen molar-refractivity contribution in [3.8, 4) is 6.07 Å². The predicted molar refractivity (Wildman–Crippen MR) is 104 cm³/mol. The maximum atomic E-state index is 12.6. The number of hydrogen-bond donors (Lipinski definition) is 1. The second kappa shape index (κ2) is 7.61. The van der Waals surface area contributed by atoms with Gasteiger partial charge in [-0.2, -0.15) is 5.26 Å². The Kier molecular flexibility index (Phi) is 5.05. The summed E-state index contributed by atoms with van der Waals surface area (Å²) in [7, 11) is -1.23. The van der Waals surface area contributed by atoms with Gasteiger partial charge in [-0.25, -0.2) is 8.93 Å². The Hall–Kier alpha value is -2.16. The van der Waals surface area contributed by atoms with E-state index >= 15 is 0 Å². The van der Waals surface area contributed by atoms with Crippen LogP contribution >= 0.6 is 0 Å². The zero-order valence-corrected chi connectivity index (χ0v) is 15.5. The van der Waals surface area contributed by atoms with Crippen LogP contribution in [0.4, 0.5) is 5.69 Å². The number of hydrogen-bond acceptors (Lipinski definition) is 3. The van der Waals surface area contributed by atoms with Gasteiger partial charge in [0.2, 0.25) is 0 Å². The van der Waals surface area contributed by atoms with Gasteiger partial charge in [0.1, 0.15) is 11.0 Å². The van der Waals surface area contributed by atoms with E-state index in [2.05, 4.69) is 40.0 Å². The van der Waals surface area contributed by atoms with Crippen LogP contribution in [-0.4, -0.2) is 22.8 Å². The van der Waals surface area contributed by atoms with Crippen molar-refractivity contribution in [1.82, 2.24) is 4.72 Å². The third-order valence-corrected chi connectivity index (χ3v) is 6.73. The highest BCUT2D eigenvalue weighted by atomic mass is 32.2. The molecule has 1 saturated carbocycles. The fourth-order valence-corrected chi connectivity index (χ4v) is 5.21. The SMILES string of the molecule is N#Cc1ccc(S(=O)NC2CCCC(N3CCc4ccccc43)C2)cc1. The van der Waals surface area contributed by atoms with Gasteiger partial charge < -0.3 is 4.90 Å². The Labute approximate surface area is 157 Å². The zero-order chi connectivity index (χ0) is 17.9. The summed E-state index contributed by atoms with van der Waals surface area (Å²) in [5.74, 6) is 0. The fourth-order valence-electron chi connectivity index (χ4n) is 4.17. The molecule has 1 heterocycles. The van der Waals surface area contributed by atoms with E-state index in [0.29, 0.717) is 11.6 Å². The molecule has 2 aliphatic rings. The lowest BCUT2D eigenvalue weighted by Gasteiger charge is -2.37. The molecule has 0 aromatic heterocycles. The summed E-state index contributed by atoms with van der Waals surface area (Å²) in [6.07, 6.45) is 5.58. The molecule has 5 heteroatoms. The average molecular weight is 366 g/mol. The molecule has 134 valence electrons. The molecular weight excluding hydrogens is 342 g/mol. The summed E-state index contributed by atoms with van der Waals surface area (Å²) in [6.45, 7) is 1.09. The molecule has 1 fully saturated rings. The van der Waals surface area contributed by atoms with Gasteiger partial charge in [0.05, 0.1) is 16.5 Å². The van der Waals surface area contributed by atoms with Gasteiger partial charge >= 0.3 is 0 Å². The normalized spacial score (nSPS) is 23.3. The van der Waals surface area contributed by atoms with E-state index < -0.39 is 11.0 Å². The molecule has 3 atom stereocenters. The Bertz CT molecular complexity index is 843. The number of benzene rings is 2. The first-order chi connectivity index (χ1) is 12.7. The van der Waals surface area contributed by atoms with Crippen molar-refractivity contribution in [2.75, 3.05) is 11.4 Å². The molecule has 1 N–H and O–H groups in total. The Morgan fingerprint density at radius 2 is 1.92 bits per heavy atom. The molecule has 4 nitrogen and oxygen atoms in total. The molecule has 3 unspecified atom stereocenters. The van der Waals surface area contributed by atoms with Crippen LogP contribution in [0.2, 0.25) is 0 Å². The predicted octanol–water partition coefficient (Wildman–Crippen LogP) is 3.54. The van der Waals surface area contributed by atoms with Crippen LogP contribution < -0.4 is 9.62 Å². The van der Waals surface area contributed by atoms with Crippen LogP contribution in [0.5, 0.6) is 0 Å². The van der Waals surface area contributed by atoms with Crippen molar-refractivity contribution in [3.05, 3.63) is 59.7 Å². The molecule has 2 aromatic carbocycles. The summed E-state index contributed by atoms with van der Waals surface area (Å²) in [6, 6.07) is 18.6. The second-order valence-corrected chi connectivity index (χ2v) is 8.36. The number of nitrogens with one attached hydrogen (secondary N) is 1. The molecule has 2 aromatic rings. The summed E-state index contributed by atoms with van der Waals surface area (Å²) in [5, 5.41) is 8.88. The highest BCUT2D eigenvalue weighted by Gasteiger charge is 2.31. The molecule has 1 aliphatic heterocycles. The lowest BCUT2D eigenvalue weighted by Crippen LogP contribution is -2.44. The van der Waals surface area contributed by atoms with Crippen molar-refractivity contribution < 1.29 is 4.21 Å². The van der Waals surface area contributed by atoms with Crippen LogP contribution in [0.3, 0.4) is 0 Å². The van der Waals surface area contributed by atoms with Gasteiger partial charge in [0, 0.05) is 24.3 Å². The number of nitriles is 1. The molecule has 4 rings (SSSR count). The smallest absolute Gasteiger partial charge is 0.125 e. The van der Waals surface area contributed by atoms with Crippen molar-refractivity contribution in [2.24, 2.45) is 0 Å². The molecule has 0 spiro atoms. The lowest BCUT2D eigenvalue weighted by atomic mass is 9.90. The largest absolute Gasteiger partial charge is 0.368 e. The summed E-state index contributed by atoms with van der Waals surface area (Å²) in [5.41, 5.74) is 3.42. The minimum absolute atomic E-state index is 0.262. The summed E-state index contributed by atoms with van der Waals surface area (Å²) in [4.78, 5) is 3.28. The highest BCUT2D eigenvalue weighted by Crippen LogP contribution is 2.34. The third kappa shape index (κ3) is 3.53. The molecule has 0 saturated heterocycles. The fraction of sp³-hybridized carbons (Fsp3) is 0.381. The first-order valence-corrected chi connectivity index (χ1v) is 10.4. The maximum absolute atomic E-state index is 12.6. The van der Waals surface area contributed by atoms with Crippen molar-refractivity contribution >= 4 is 16.7 Å². The molecule has 0 amide bonds. The topological polar surface area (TPSA) is 56.1 Å². The van der Waals surface area contributed by atoms with E-state index in [4.69, 9.17) is 5.26 Å². The zero-order valence-electron chi connectivity index (χ0n) is 14.7. The van der Waals surface area contributed by atoms with E-state index in [1.165, 1.54) is 17.7 Å². The number of para-hydroxylation sites is 1. The molecular formula is C21H23N3OS. The minimum Gasteiger partial charge on any atom is -0.368 e. The molecule has 0 bridgehead atoms. The van der Waals surface area contributed by atoms with E-state index in [1.807, 2.05) is 0 Å². The van der Waals surface area contributed by atoms with Gasteiger partial charge in [-0.1, -0.05) is 18.2 Å². The van der Waals surface area contributed by atoms with Crippen LogP contribution in [0.1, 0.15) is 36.8 Å². The van der Waals surface area contributed by atoms with E-state index in [1.54, 1.807) is 24.3 Å². The van der Waals surface area contributed by atoms with Crippen LogP contribution in [0.25, 0.3) is 0 Å². The van der Waals surface area contributed by atoms with Crippen LogP contribution in [0.15, 0.2) is 53.4 Å². The molecule has 0 radical (unpaired) electrons. The minimum atomic E-state index is -1.23. The average Bonchev–Trinajstić information content (AvgIpc) is 3.12. The van der Waals surface area contributed by atoms with E-state index in [-0.39, 0.29) is 6.04 Å². The van der Waals surface area contributed by atoms with Gasteiger partial charge in [-0.15, -0.1) is 0 Å². The molecule has 26 heavy (non-hydrogen) atoms. The van der Waals surface area contributed by atoms with Gasteiger partial charge in [0.25, 0.3) is 0 Å². The second-order valence-electron chi connectivity index (χ2n) is 7.11. The quantitative estimate of drug-likeness (QED) is 0.901. The number of rotatable bonds is 4. The standard InChI is InChI=1S/C21H23N3OS/c22-15-16-8-10-20(11-9-16)26(25)23-18-5-3-6-19(14-18)24-13-12-17-4-1-2-7-21(17)24/h1-2,4,7-11,18-19,23H,3,5-6,12-14H2. The van der Waals surface area contributed by atoms with E-state index in [0.717, 1.165) is 37.1 Å². The van der Waals surface area contributed by atoms with Crippen LogP contribution in [0, 0.1) is 11.3 Å². The van der Waals surface area contributed by atoms with Crippen molar-refractivity contribution in [2.45, 2.75) is 49.1 Å². The Morgan fingerprint density at radius 3 is 2.73 bits per heavy atom. The number of fused-ring (bicyclic) bond motifs is 1. The first kappa shape index (κ1) is 17.3. The number of nitrogens with zero attached hydrogens (tertiary/aromatic N) is 2. The highest BCUT2D eigenvalue weighted by molar-refractivity contribution is 7.83. The Morgan fingerprint density at radius 1 is 1.12 bits per heavy atom. The monoisotopic (exact) mass is 365 g/mol. The number of anilines is 1. The lowest BCUT2D eigenvalue weighted by molar-refractivity contribution is 0.361. The molecule has 1 aliphatic carbocycles. The first-order valence-electron chi connectivity index (χ1n) is 9.27. The third-order valence-electron chi connectivity index (χ3n) is 5.48. The maximum Gasteiger partial charge on any atom is 0.125 e. The van der Waals surface area contributed by atoms with Gasteiger partial charge in [0.15, 0.2) is 0 Å². The summed E-state index contributed by atoms with van der Waals surface area (Å²) >= 11 is 0. The van der Waals surface area contributed by atoms with E-state index in [9.17, 15) is 4.21 Å². The van der Waals surface area contributed by atoms with Crippen molar-refractivity contribution in [1.29, 1.82) is 5.26 Å². The van der Waals surface area contributed by atoms with Crippen molar-refractivity contribution in [3.63, 3.8) is 0 Å². The van der Waals surface area contributed by atoms with Crippen LogP contribution in [-0.2, 0) is 17.4 Å².